The molecule has 4 heteroatoms. The molecule has 0 aromatic carbocycles. The minimum absolute atomic E-state index is 0.178. The number of thioether (sulfide) groups is 2. The fraction of sp³-hybridized carbons (Fsp3) is 1.00. The molecule has 2 nitrogen and oxygen atoms in total. The maximum absolute atomic E-state index is 9.18. The molecule has 0 radical (unpaired) electrons. The van der Waals surface area contributed by atoms with Crippen molar-refractivity contribution in [2.75, 3.05) is 23.0 Å². The van der Waals surface area contributed by atoms with E-state index in [-0.39, 0.29) is 12.2 Å². The van der Waals surface area contributed by atoms with Gasteiger partial charge in [-0.1, -0.05) is 0 Å². The fourth-order valence-corrected chi connectivity index (χ4v) is 2.91. The Morgan fingerprint density at radius 1 is 0.800 bits per heavy atom. The highest BCUT2D eigenvalue weighted by atomic mass is 32.2. The van der Waals surface area contributed by atoms with Crippen molar-refractivity contribution in [3.05, 3.63) is 0 Å². The zero-order valence-electron chi connectivity index (χ0n) is 5.69. The van der Waals surface area contributed by atoms with Crippen LogP contribution < -0.4 is 0 Å². The zero-order chi connectivity index (χ0) is 7.40. The van der Waals surface area contributed by atoms with Crippen LogP contribution in [0.25, 0.3) is 0 Å². The lowest BCUT2D eigenvalue weighted by molar-refractivity contribution is 0.214. The summed E-state index contributed by atoms with van der Waals surface area (Å²) in [7, 11) is 0. The van der Waals surface area contributed by atoms with Gasteiger partial charge in [0, 0.05) is 23.0 Å². The quantitative estimate of drug-likeness (QED) is 0.558. The van der Waals surface area contributed by atoms with Gasteiger partial charge in [-0.15, -0.1) is 0 Å². The van der Waals surface area contributed by atoms with Crippen molar-refractivity contribution in [2.45, 2.75) is 12.2 Å². The fourth-order valence-electron chi connectivity index (χ4n) is 0.776. The molecule has 1 aliphatic heterocycles. The molecule has 10 heavy (non-hydrogen) atoms. The third-order valence-corrected chi connectivity index (χ3v) is 3.72. The van der Waals surface area contributed by atoms with Crippen molar-refractivity contribution in [3.63, 3.8) is 0 Å². The smallest absolute Gasteiger partial charge is 0.0720 e. The van der Waals surface area contributed by atoms with Gasteiger partial charge in [-0.2, -0.15) is 23.5 Å². The molecule has 1 saturated heterocycles. The molecule has 0 bridgehead atoms. The molecular weight excluding hydrogens is 168 g/mol. The van der Waals surface area contributed by atoms with E-state index in [9.17, 15) is 10.2 Å². The van der Waals surface area contributed by atoms with Gasteiger partial charge in [0.2, 0.25) is 0 Å². The Hall–Kier alpha value is 0.620. The lowest BCUT2D eigenvalue weighted by atomic mass is 10.5. The Labute approximate surface area is 69.4 Å². The van der Waals surface area contributed by atoms with E-state index >= 15 is 0 Å². The molecule has 0 amide bonds. The monoisotopic (exact) mass is 180 g/mol. The third-order valence-electron chi connectivity index (χ3n) is 1.24. The van der Waals surface area contributed by atoms with Crippen LogP contribution in [0.1, 0.15) is 0 Å². The molecule has 0 aliphatic carbocycles. The van der Waals surface area contributed by atoms with E-state index in [1.54, 1.807) is 23.5 Å². The number of aliphatic hydroxyl groups excluding tert-OH is 2. The highest BCUT2D eigenvalue weighted by Gasteiger charge is 2.12. The second kappa shape index (κ2) is 4.49. The average molecular weight is 180 g/mol. The highest BCUT2D eigenvalue weighted by Crippen LogP contribution is 2.16. The van der Waals surface area contributed by atoms with Crippen molar-refractivity contribution >= 4 is 23.5 Å². The summed E-state index contributed by atoms with van der Waals surface area (Å²) in [5.74, 6) is 3.07. The maximum atomic E-state index is 9.18. The summed E-state index contributed by atoms with van der Waals surface area (Å²) in [6.07, 6.45) is -0.356. The van der Waals surface area contributed by atoms with Gasteiger partial charge < -0.3 is 10.2 Å². The summed E-state index contributed by atoms with van der Waals surface area (Å²) in [5.41, 5.74) is 0. The van der Waals surface area contributed by atoms with Gasteiger partial charge in [0.25, 0.3) is 0 Å². The first-order valence-electron chi connectivity index (χ1n) is 3.30. The van der Waals surface area contributed by atoms with Gasteiger partial charge in [0.1, 0.15) is 0 Å². The summed E-state index contributed by atoms with van der Waals surface area (Å²) in [4.78, 5) is 0. The van der Waals surface area contributed by atoms with Crippen LogP contribution in [0.2, 0.25) is 0 Å². The minimum Gasteiger partial charge on any atom is -0.391 e. The van der Waals surface area contributed by atoms with Crippen LogP contribution in [0, 0.1) is 0 Å². The molecule has 2 N–H and O–H groups in total. The molecule has 0 atom stereocenters. The Morgan fingerprint density at radius 3 is 1.40 bits per heavy atom. The normalized spacial score (nSPS) is 36.6. The molecule has 0 spiro atoms. The number of hydrogen-bond acceptors (Lipinski definition) is 4. The van der Waals surface area contributed by atoms with Crippen molar-refractivity contribution in [1.82, 2.24) is 0 Å². The van der Waals surface area contributed by atoms with Gasteiger partial charge in [-0.05, 0) is 0 Å². The van der Waals surface area contributed by atoms with Crippen LogP contribution >= 0.6 is 23.5 Å². The SMILES string of the molecule is OC1CSCC(O)CSC1. The second-order valence-corrected chi connectivity index (χ2v) is 4.53. The van der Waals surface area contributed by atoms with Crippen LogP contribution in [0.5, 0.6) is 0 Å². The van der Waals surface area contributed by atoms with E-state index in [0.717, 1.165) is 23.0 Å². The van der Waals surface area contributed by atoms with Crippen molar-refractivity contribution in [1.29, 1.82) is 0 Å². The Morgan fingerprint density at radius 2 is 1.10 bits per heavy atom. The van der Waals surface area contributed by atoms with E-state index in [4.69, 9.17) is 0 Å². The Bertz CT molecular complexity index is 79.7. The number of hydrogen-bond donors (Lipinski definition) is 2. The molecule has 1 rings (SSSR count). The molecular formula is C6H12O2S2. The summed E-state index contributed by atoms with van der Waals surface area (Å²) in [6.45, 7) is 0. The number of aliphatic hydroxyl groups is 2. The molecule has 0 saturated carbocycles. The van der Waals surface area contributed by atoms with Gasteiger partial charge in [0.05, 0.1) is 12.2 Å². The zero-order valence-corrected chi connectivity index (χ0v) is 7.33. The molecule has 1 fully saturated rings. The first-order valence-corrected chi connectivity index (χ1v) is 5.61. The van der Waals surface area contributed by atoms with E-state index < -0.39 is 0 Å². The molecule has 60 valence electrons. The van der Waals surface area contributed by atoms with Gasteiger partial charge >= 0.3 is 0 Å². The maximum Gasteiger partial charge on any atom is 0.0720 e. The first-order chi connectivity index (χ1) is 4.79. The van der Waals surface area contributed by atoms with E-state index in [1.165, 1.54) is 0 Å². The summed E-state index contributed by atoms with van der Waals surface area (Å²) in [5, 5.41) is 18.4. The van der Waals surface area contributed by atoms with E-state index in [1.807, 2.05) is 0 Å². The average Bonchev–Trinajstić information content (AvgIpc) is 1.84. The lowest BCUT2D eigenvalue weighted by Gasteiger charge is -2.17. The van der Waals surface area contributed by atoms with Crippen LogP contribution in [0.15, 0.2) is 0 Å². The number of rotatable bonds is 0. The largest absolute Gasteiger partial charge is 0.391 e. The Kier molecular flexibility index (Phi) is 3.91. The van der Waals surface area contributed by atoms with Crippen LogP contribution in [-0.2, 0) is 0 Å². The molecule has 0 unspecified atom stereocenters. The second-order valence-electron chi connectivity index (χ2n) is 2.38. The lowest BCUT2D eigenvalue weighted by Crippen LogP contribution is -2.23. The summed E-state index contributed by atoms with van der Waals surface area (Å²) < 4.78 is 0. The molecule has 1 heterocycles. The topological polar surface area (TPSA) is 40.5 Å². The predicted molar refractivity (Wildman–Crippen MR) is 46.7 cm³/mol. The standard InChI is InChI=1S/C6H12O2S2/c7-5-1-9-3-6(8)4-10-2-5/h5-8H,1-4H2. The third kappa shape index (κ3) is 3.14. The van der Waals surface area contributed by atoms with Crippen LogP contribution in [-0.4, -0.2) is 45.4 Å². The van der Waals surface area contributed by atoms with Crippen LogP contribution in [0.3, 0.4) is 0 Å². The van der Waals surface area contributed by atoms with Crippen molar-refractivity contribution in [2.24, 2.45) is 0 Å². The van der Waals surface area contributed by atoms with E-state index in [2.05, 4.69) is 0 Å². The summed E-state index contributed by atoms with van der Waals surface area (Å²) in [6, 6.07) is 0. The first kappa shape index (κ1) is 8.71. The highest BCUT2D eigenvalue weighted by molar-refractivity contribution is 8.00. The summed E-state index contributed by atoms with van der Waals surface area (Å²) >= 11 is 3.26. The van der Waals surface area contributed by atoms with Gasteiger partial charge in [-0.25, -0.2) is 0 Å². The van der Waals surface area contributed by atoms with Gasteiger partial charge in [-0.3, -0.25) is 0 Å². The molecule has 1 aliphatic rings. The minimum atomic E-state index is -0.178. The van der Waals surface area contributed by atoms with Crippen molar-refractivity contribution < 1.29 is 10.2 Å². The molecule has 0 aromatic rings. The predicted octanol–water partition coefficient (Wildman–Crippen LogP) is 0.188. The van der Waals surface area contributed by atoms with Crippen molar-refractivity contribution in [3.8, 4) is 0 Å². The van der Waals surface area contributed by atoms with Crippen LogP contribution in [0.4, 0.5) is 0 Å². The Balaban J connectivity index is 2.21. The van der Waals surface area contributed by atoms with E-state index in [0.29, 0.717) is 0 Å². The van der Waals surface area contributed by atoms with Gasteiger partial charge in [0.15, 0.2) is 0 Å². The molecule has 0 aromatic heterocycles.